The lowest BCUT2D eigenvalue weighted by Crippen LogP contribution is -2.23. The van der Waals surface area contributed by atoms with Crippen molar-refractivity contribution in [3.05, 3.63) is 86.7 Å². The monoisotopic (exact) mass is 504 g/mol. The van der Waals surface area contributed by atoms with E-state index in [0.29, 0.717) is 35.0 Å². The van der Waals surface area contributed by atoms with Crippen LogP contribution in [0.3, 0.4) is 0 Å². The Labute approximate surface area is 206 Å². The Morgan fingerprint density at radius 2 is 1.91 bits per heavy atom. The fraction of sp³-hybridized carbons (Fsp3) is 0.261. The lowest BCUT2D eigenvalue weighted by atomic mass is 10.1. The molecule has 0 aliphatic rings. The molecule has 0 saturated carbocycles. The van der Waals surface area contributed by atoms with E-state index in [1.807, 2.05) is 0 Å². The Kier molecular flexibility index (Phi) is 5.71. The predicted molar refractivity (Wildman–Crippen MR) is 123 cm³/mol. The first-order valence-electron chi connectivity index (χ1n) is 11.2. The summed E-state index contributed by atoms with van der Waals surface area (Å²) in [5.74, 6) is -2.11. The second-order valence-corrected chi connectivity index (χ2v) is 8.57. The molecule has 0 unspecified atom stereocenters. The first-order valence-corrected chi connectivity index (χ1v) is 10.6. The van der Waals surface area contributed by atoms with E-state index in [4.69, 9.17) is 19.1 Å². The molecule has 4 heterocycles. The van der Waals surface area contributed by atoms with E-state index in [9.17, 15) is 18.7 Å². The van der Waals surface area contributed by atoms with Crippen molar-refractivity contribution < 1.29 is 21.4 Å². The highest BCUT2D eigenvalue weighted by Gasteiger charge is 2.22. The van der Waals surface area contributed by atoms with E-state index < -0.39 is 40.1 Å². The van der Waals surface area contributed by atoms with Crippen molar-refractivity contribution in [1.82, 2.24) is 29.3 Å². The summed E-state index contributed by atoms with van der Waals surface area (Å²) < 4.78 is 51.4. The van der Waals surface area contributed by atoms with Crippen LogP contribution in [0.15, 0.2) is 41.7 Å². The minimum Gasteiger partial charge on any atom is -0.485 e. The van der Waals surface area contributed by atoms with E-state index in [2.05, 4.69) is 20.1 Å². The number of aromatic nitrogens is 6. The standard InChI is InChI=1S/C23H21ClF2N6O3/c1-12-8-28-19(31-11-29-22(30-31)23(3,4)34)7-17(12)32-13(2)5-18(20(24)21(32)33)35-10-16-15(26)6-14(25)9-27-16/h5-9,11,34H,10H2,1-4H3/i10D2. The van der Waals surface area contributed by atoms with E-state index >= 15 is 0 Å². The van der Waals surface area contributed by atoms with Crippen molar-refractivity contribution >= 4 is 11.6 Å². The molecule has 0 atom stereocenters. The Balaban J connectivity index is 1.76. The van der Waals surface area contributed by atoms with E-state index in [1.165, 1.54) is 41.7 Å². The average Bonchev–Trinajstić information content (AvgIpc) is 3.29. The van der Waals surface area contributed by atoms with E-state index in [0.717, 1.165) is 0 Å². The zero-order chi connectivity index (χ0) is 27.3. The summed E-state index contributed by atoms with van der Waals surface area (Å²) in [6.07, 6.45) is 3.54. The van der Waals surface area contributed by atoms with Gasteiger partial charge in [0.05, 0.1) is 14.6 Å². The summed E-state index contributed by atoms with van der Waals surface area (Å²) >= 11 is 6.27. The average molecular weight is 505 g/mol. The van der Waals surface area contributed by atoms with Crippen LogP contribution in [-0.4, -0.2) is 34.4 Å². The summed E-state index contributed by atoms with van der Waals surface area (Å²) in [5, 5.41) is 13.9. The van der Waals surface area contributed by atoms with Gasteiger partial charge in [0, 0.05) is 30.1 Å². The van der Waals surface area contributed by atoms with Crippen LogP contribution in [0, 0.1) is 25.5 Å². The highest BCUT2D eigenvalue weighted by Crippen LogP contribution is 2.26. The molecule has 12 heteroatoms. The Hall–Kier alpha value is -3.70. The van der Waals surface area contributed by atoms with Crippen LogP contribution >= 0.6 is 11.6 Å². The van der Waals surface area contributed by atoms with Gasteiger partial charge in [-0.3, -0.25) is 14.3 Å². The maximum absolute atomic E-state index is 14.1. The second-order valence-electron chi connectivity index (χ2n) is 8.19. The van der Waals surface area contributed by atoms with Crippen molar-refractivity contribution in [3.63, 3.8) is 0 Å². The van der Waals surface area contributed by atoms with Gasteiger partial charge >= 0.3 is 0 Å². The molecule has 0 bridgehead atoms. The molecule has 4 aromatic rings. The molecule has 0 spiro atoms. The van der Waals surface area contributed by atoms with Crippen LogP contribution in [0.4, 0.5) is 8.78 Å². The largest absolute Gasteiger partial charge is 0.485 e. The summed E-state index contributed by atoms with van der Waals surface area (Å²) in [6, 6.07) is 3.35. The maximum Gasteiger partial charge on any atom is 0.277 e. The van der Waals surface area contributed by atoms with Crippen LogP contribution in [0.5, 0.6) is 5.75 Å². The van der Waals surface area contributed by atoms with Gasteiger partial charge in [0.15, 0.2) is 17.5 Å². The Morgan fingerprint density at radius 3 is 2.57 bits per heavy atom. The topological polar surface area (TPSA) is 108 Å². The van der Waals surface area contributed by atoms with Crippen LogP contribution in [-0.2, 0) is 12.2 Å². The third kappa shape index (κ3) is 4.91. The van der Waals surface area contributed by atoms with Crippen molar-refractivity contribution in [2.75, 3.05) is 0 Å². The molecule has 182 valence electrons. The first-order chi connectivity index (χ1) is 17.2. The molecule has 1 N–H and O–H groups in total. The highest BCUT2D eigenvalue weighted by atomic mass is 35.5. The van der Waals surface area contributed by atoms with Crippen molar-refractivity contribution in [2.45, 2.75) is 39.9 Å². The molecular formula is C23H21ClF2N6O3. The quantitative estimate of drug-likeness (QED) is 0.427. The van der Waals surface area contributed by atoms with Gasteiger partial charge in [0.25, 0.3) is 5.56 Å². The number of aryl methyl sites for hydroxylation is 2. The number of nitrogens with zero attached hydrogens (tertiary/aromatic N) is 6. The van der Waals surface area contributed by atoms with Gasteiger partial charge in [-0.15, -0.1) is 5.10 Å². The molecule has 0 fully saturated rings. The van der Waals surface area contributed by atoms with E-state index in [1.54, 1.807) is 19.9 Å². The molecule has 0 aromatic carbocycles. The van der Waals surface area contributed by atoms with Crippen molar-refractivity contribution in [3.8, 4) is 17.3 Å². The molecule has 9 nitrogen and oxygen atoms in total. The van der Waals surface area contributed by atoms with Crippen LogP contribution in [0.2, 0.25) is 5.02 Å². The lowest BCUT2D eigenvalue weighted by Gasteiger charge is -2.16. The second kappa shape index (κ2) is 9.16. The highest BCUT2D eigenvalue weighted by molar-refractivity contribution is 6.31. The number of hydrogen-bond donors (Lipinski definition) is 1. The summed E-state index contributed by atoms with van der Waals surface area (Å²) in [4.78, 5) is 25.1. The molecule has 0 radical (unpaired) electrons. The number of halogens is 3. The van der Waals surface area contributed by atoms with E-state index in [-0.39, 0.29) is 11.6 Å². The Bertz CT molecular complexity index is 1570. The van der Waals surface area contributed by atoms with Crippen LogP contribution in [0.25, 0.3) is 11.5 Å². The lowest BCUT2D eigenvalue weighted by molar-refractivity contribution is 0.0688. The zero-order valence-electron chi connectivity index (χ0n) is 21.0. The number of hydrogen-bond acceptors (Lipinski definition) is 7. The predicted octanol–water partition coefficient (Wildman–Crippen LogP) is 3.56. The van der Waals surface area contributed by atoms with Crippen molar-refractivity contribution in [2.24, 2.45) is 0 Å². The fourth-order valence-electron chi connectivity index (χ4n) is 3.17. The van der Waals surface area contributed by atoms with Gasteiger partial charge < -0.3 is 9.84 Å². The maximum atomic E-state index is 14.1. The van der Waals surface area contributed by atoms with Gasteiger partial charge in [-0.05, 0) is 33.3 Å². The van der Waals surface area contributed by atoms with Gasteiger partial charge in [-0.25, -0.2) is 23.4 Å². The normalized spacial score (nSPS) is 12.9. The van der Waals surface area contributed by atoms with Crippen molar-refractivity contribution in [1.29, 1.82) is 0 Å². The number of rotatable bonds is 6. The molecule has 0 amide bonds. The molecule has 0 aliphatic heterocycles. The fourth-order valence-corrected chi connectivity index (χ4v) is 3.35. The Morgan fingerprint density at radius 1 is 1.17 bits per heavy atom. The molecule has 4 rings (SSSR count). The zero-order valence-corrected chi connectivity index (χ0v) is 19.8. The minimum atomic E-state index is -2.86. The van der Waals surface area contributed by atoms with Crippen LogP contribution in [0.1, 0.15) is 39.4 Å². The SMILES string of the molecule is [2H]C([2H])(Oc1cc(C)n(-c2cc(-n3cnc(C(C)(C)O)n3)ncc2C)c(=O)c1Cl)c1ncc(F)cc1F. The number of ether oxygens (including phenoxy) is 1. The summed E-state index contributed by atoms with van der Waals surface area (Å²) in [7, 11) is 0. The molecule has 0 aliphatic carbocycles. The van der Waals surface area contributed by atoms with Gasteiger partial charge in [-0.2, -0.15) is 0 Å². The number of pyridine rings is 3. The van der Waals surface area contributed by atoms with Gasteiger partial charge in [0.2, 0.25) is 0 Å². The molecule has 0 saturated heterocycles. The first kappa shape index (κ1) is 21.8. The summed E-state index contributed by atoms with van der Waals surface area (Å²) in [6.45, 7) is 3.51. The minimum absolute atomic E-state index is 0.177. The molecule has 4 aromatic heterocycles. The molecule has 35 heavy (non-hydrogen) atoms. The van der Waals surface area contributed by atoms with Crippen LogP contribution < -0.4 is 10.3 Å². The van der Waals surface area contributed by atoms with Gasteiger partial charge in [-0.1, -0.05) is 11.6 Å². The molecular weight excluding hydrogens is 482 g/mol. The summed E-state index contributed by atoms with van der Waals surface area (Å²) in [5.41, 5.74) is -1.50. The third-order valence-corrected chi connectivity index (χ3v) is 5.29. The van der Waals surface area contributed by atoms with Gasteiger partial charge in [0.1, 0.15) is 40.8 Å². The third-order valence-electron chi connectivity index (χ3n) is 4.94. The smallest absolute Gasteiger partial charge is 0.277 e. The number of aliphatic hydroxyl groups is 1.